The topological polar surface area (TPSA) is 83.6 Å². The number of H-pyrrole nitrogens is 1. The monoisotopic (exact) mass is 203 g/mol. The lowest BCUT2D eigenvalue weighted by molar-refractivity contribution is 0.102. The molecule has 0 atom stereocenters. The van der Waals surface area contributed by atoms with Crippen LogP contribution in [0.3, 0.4) is 0 Å². The quantitative estimate of drug-likeness (QED) is 0.754. The number of carbonyl (C=O) groups excluding carboxylic acids is 1. The molecule has 0 saturated heterocycles. The van der Waals surface area contributed by atoms with E-state index in [1.165, 1.54) is 6.20 Å². The first kappa shape index (κ1) is 9.32. The van der Waals surface area contributed by atoms with Crippen molar-refractivity contribution in [3.05, 3.63) is 35.8 Å². The number of nitrogens with zero attached hydrogens (tertiary/aromatic N) is 3. The standard InChI is InChI=1S/C9H9N5O/c1-6-2-3-8(10-4-6)12-9(15)7-5-11-14-13-7/h2-5H,1H3,(H,10,12,15)(H,11,13,14). The molecule has 2 rings (SSSR count). The van der Waals surface area contributed by atoms with Crippen LogP contribution in [-0.4, -0.2) is 26.3 Å². The maximum atomic E-state index is 11.5. The number of nitrogens with one attached hydrogen (secondary N) is 2. The number of hydrogen-bond acceptors (Lipinski definition) is 4. The SMILES string of the molecule is Cc1ccc(NC(=O)c2cn[nH]n2)nc1. The fourth-order valence-electron chi connectivity index (χ4n) is 1.03. The summed E-state index contributed by atoms with van der Waals surface area (Å²) in [4.78, 5) is 15.5. The van der Waals surface area contributed by atoms with E-state index in [2.05, 4.69) is 25.7 Å². The number of aryl methyl sites for hydroxylation is 1. The largest absolute Gasteiger partial charge is 0.305 e. The molecule has 0 aromatic carbocycles. The lowest BCUT2D eigenvalue weighted by Gasteiger charge is -2.01. The summed E-state index contributed by atoms with van der Waals surface area (Å²) in [5.74, 6) is 0.161. The average molecular weight is 203 g/mol. The lowest BCUT2D eigenvalue weighted by atomic mass is 10.3. The van der Waals surface area contributed by atoms with Crippen LogP contribution in [-0.2, 0) is 0 Å². The Hall–Kier alpha value is -2.24. The van der Waals surface area contributed by atoms with E-state index >= 15 is 0 Å². The smallest absolute Gasteiger partial charge is 0.278 e. The van der Waals surface area contributed by atoms with Crippen LogP contribution in [0.15, 0.2) is 24.5 Å². The highest BCUT2D eigenvalue weighted by Gasteiger charge is 2.08. The summed E-state index contributed by atoms with van der Waals surface area (Å²) in [7, 11) is 0. The van der Waals surface area contributed by atoms with Gasteiger partial charge in [-0.05, 0) is 18.6 Å². The van der Waals surface area contributed by atoms with Gasteiger partial charge in [-0.2, -0.15) is 15.4 Å². The Morgan fingerprint density at radius 2 is 2.27 bits per heavy atom. The van der Waals surface area contributed by atoms with Gasteiger partial charge in [0.1, 0.15) is 5.82 Å². The average Bonchev–Trinajstić information content (AvgIpc) is 2.74. The summed E-state index contributed by atoms with van der Waals surface area (Å²) in [5.41, 5.74) is 1.27. The van der Waals surface area contributed by atoms with Gasteiger partial charge in [0, 0.05) is 6.20 Å². The van der Waals surface area contributed by atoms with Crippen molar-refractivity contribution in [3.8, 4) is 0 Å². The summed E-state index contributed by atoms with van der Waals surface area (Å²) in [6.07, 6.45) is 3.03. The van der Waals surface area contributed by atoms with E-state index in [0.29, 0.717) is 5.82 Å². The summed E-state index contributed by atoms with van der Waals surface area (Å²) in [6, 6.07) is 3.60. The second kappa shape index (κ2) is 3.87. The first-order valence-electron chi connectivity index (χ1n) is 4.35. The Morgan fingerprint density at radius 3 is 2.87 bits per heavy atom. The van der Waals surface area contributed by atoms with Crippen LogP contribution in [0.4, 0.5) is 5.82 Å². The number of anilines is 1. The van der Waals surface area contributed by atoms with Crippen molar-refractivity contribution < 1.29 is 4.79 Å². The minimum atomic E-state index is -0.333. The molecule has 0 spiro atoms. The van der Waals surface area contributed by atoms with E-state index in [0.717, 1.165) is 5.56 Å². The van der Waals surface area contributed by atoms with E-state index < -0.39 is 0 Å². The van der Waals surface area contributed by atoms with Gasteiger partial charge in [-0.25, -0.2) is 4.98 Å². The second-order valence-electron chi connectivity index (χ2n) is 3.03. The van der Waals surface area contributed by atoms with Gasteiger partial charge in [0.05, 0.1) is 6.20 Å². The highest BCUT2D eigenvalue weighted by atomic mass is 16.2. The van der Waals surface area contributed by atoms with E-state index in [9.17, 15) is 4.79 Å². The zero-order valence-corrected chi connectivity index (χ0v) is 8.06. The molecule has 0 aliphatic carbocycles. The normalized spacial score (nSPS) is 9.93. The molecule has 2 aromatic heterocycles. The second-order valence-corrected chi connectivity index (χ2v) is 3.03. The molecule has 76 valence electrons. The summed E-state index contributed by atoms with van der Waals surface area (Å²) >= 11 is 0. The molecule has 6 nitrogen and oxygen atoms in total. The van der Waals surface area contributed by atoms with Gasteiger partial charge in [0.15, 0.2) is 5.69 Å². The Morgan fingerprint density at radius 1 is 1.40 bits per heavy atom. The van der Waals surface area contributed by atoms with E-state index in [4.69, 9.17) is 0 Å². The molecule has 2 aromatic rings. The zero-order valence-electron chi connectivity index (χ0n) is 8.06. The molecular weight excluding hydrogens is 194 g/mol. The van der Waals surface area contributed by atoms with Crippen LogP contribution in [0.1, 0.15) is 16.1 Å². The molecule has 0 saturated carbocycles. The third-order valence-electron chi connectivity index (χ3n) is 1.80. The fourth-order valence-corrected chi connectivity index (χ4v) is 1.03. The molecule has 15 heavy (non-hydrogen) atoms. The Bertz CT molecular complexity index is 448. The van der Waals surface area contributed by atoms with Crippen LogP contribution in [0.25, 0.3) is 0 Å². The maximum Gasteiger partial charge on any atom is 0.278 e. The minimum Gasteiger partial charge on any atom is -0.305 e. The van der Waals surface area contributed by atoms with Gasteiger partial charge < -0.3 is 5.32 Å². The summed E-state index contributed by atoms with van der Waals surface area (Å²) < 4.78 is 0. The lowest BCUT2D eigenvalue weighted by Crippen LogP contribution is -2.13. The Labute approximate surface area is 85.7 Å². The number of rotatable bonds is 2. The van der Waals surface area contributed by atoms with Crippen molar-refractivity contribution in [1.82, 2.24) is 20.4 Å². The molecule has 2 N–H and O–H groups in total. The summed E-state index contributed by atoms with van der Waals surface area (Å²) in [6.45, 7) is 1.93. The molecule has 0 radical (unpaired) electrons. The number of pyridine rings is 1. The molecule has 0 unspecified atom stereocenters. The fraction of sp³-hybridized carbons (Fsp3) is 0.111. The molecule has 1 amide bonds. The molecule has 0 fully saturated rings. The van der Waals surface area contributed by atoms with Crippen molar-refractivity contribution in [3.63, 3.8) is 0 Å². The highest BCUT2D eigenvalue weighted by Crippen LogP contribution is 2.05. The third kappa shape index (κ3) is 2.16. The number of aromatic amines is 1. The van der Waals surface area contributed by atoms with Crippen LogP contribution >= 0.6 is 0 Å². The predicted molar refractivity (Wildman–Crippen MR) is 53.3 cm³/mol. The van der Waals surface area contributed by atoms with Crippen LogP contribution in [0.2, 0.25) is 0 Å². The maximum absolute atomic E-state index is 11.5. The summed E-state index contributed by atoms with van der Waals surface area (Å²) in [5, 5.41) is 12.2. The van der Waals surface area contributed by atoms with Gasteiger partial charge in [-0.1, -0.05) is 6.07 Å². The Kier molecular flexibility index (Phi) is 2.40. The molecule has 2 heterocycles. The van der Waals surface area contributed by atoms with Crippen LogP contribution < -0.4 is 5.32 Å². The van der Waals surface area contributed by atoms with Crippen LogP contribution in [0, 0.1) is 6.92 Å². The molecule has 0 aliphatic rings. The van der Waals surface area contributed by atoms with E-state index in [1.807, 2.05) is 13.0 Å². The van der Waals surface area contributed by atoms with Crippen molar-refractivity contribution in [2.24, 2.45) is 0 Å². The molecular formula is C9H9N5O. The van der Waals surface area contributed by atoms with Gasteiger partial charge >= 0.3 is 0 Å². The number of amides is 1. The van der Waals surface area contributed by atoms with Gasteiger partial charge in [0.25, 0.3) is 5.91 Å². The van der Waals surface area contributed by atoms with Crippen molar-refractivity contribution in [2.75, 3.05) is 5.32 Å². The Balaban J connectivity index is 2.09. The van der Waals surface area contributed by atoms with Crippen molar-refractivity contribution in [2.45, 2.75) is 6.92 Å². The van der Waals surface area contributed by atoms with Crippen molar-refractivity contribution in [1.29, 1.82) is 0 Å². The highest BCUT2D eigenvalue weighted by molar-refractivity contribution is 6.01. The van der Waals surface area contributed by atoms with Gasteiger partial charge in [-0.15, -0.1) is 0 Å². The van der Waals surface area contributed by atoms with Gasteiger partial charge in [-0.3, -0.25) is 4.79 Å². The molecule has 6 heteroatoms. The zero-order chi connectivity index (χ0) is 10.7. The first-order valence-corrected chi connectivity index (χ1v) is 4.35. The number of aromatic nitrogens is 4. The van der Waals surface area contributed by atoms with Gasteiger partial charge in [0.2, 0.25) is 0 Å². The predicted octanol–water partition coefficient (Wildman–Crippen LogP) is 0.760. The van der Waals surface area contributed by atoms with E-state index in [1.54, 1.807) is 12.3 Å². The minimum absolute atomic E-state index is 0.234. The van der Waals surface area contributed by atoms with Crippen molar-refractivity contribution >= 4 is 11.7 Å². The first-order chi connectivity index (χ1) is 7.25. The number of carbonyl (C=O) groups is 1. The number of hydrogen-bond donors (Lipinski definition) is 2. The van der Waals surface area contributed by atoms with E-state index in [-0.39, 0.29) is 11.6 Å². The molecule has 0 bridgehead atoms. The third-order valence-corrected chi connectivity index (χ3v) is 1.80. The molecule has 0 aliphatic heterocycles. The van der Waals surface area contributed by atoms with Crippen LogP contribution in [0.5, 0.6) is 0 Å².